The standard InChI is InChI=1S/C7H12S2.C2H6/c1-5-8-9-7(4)6(2)3;1-2/h5-6H,1,4H2,2-3H3;1-2H3. The van der Waals surface area contributed by atoms with Gasteiger partial charge in [-0.25, -0.2) is 0 Å². The van der Waals surface area contributed by atoms with Gasteiger partial charge < -0.3 is 0 Å². The first kappa shape index (κ1) is 13.7. The van der Waals surface area contributed by atoms with Crippen LogP contribution in [-0.4, -0.2) is 0 Å². The van der Waals surface area contributed by atoms with Crippen LogP contribution >= 0.6 is 21.6 Å². The zero-order chi connectivity index (χ0) is 9.28. The van der Waals surface area contributed by atoms with E-state index < -0.39 is 0 Å². The van der Waals surface area contributed by atoms with E-state index in [0.717, 1.165) is 0 Å². The summed E-state index contributed by atoms with van der Waals surface area (Å²) >= 11 is 0. The Balaban J connectivity index is 0. The molecule has 0 aliphatic rings. The number of rotatable bonds is 4. The molecule has 0 nitrogen and oxygen atoms in total. The summed E-state index contributed by atoms with van der Waals surface area (Å²) in [5.41, 5.74) is 0. The molecule has 0 aromatic rings. The molecule has 0 aromatic carbocycles. The molecule has 0 atom stereocenters. The molecule has 0 aromatic heterocycles. The second-order valence-corrected chi connectivity index (χ2v) is 4.26. The Bertz CT molecular complexity index is 106. The third kappa shape index (κ3) is 10.2. The van der Waals surface area contributed by atoms with E-state index in [9.17, 15) is 0 Å². The molecule has 2 heteroatoms. The molecular formula is C9H18S2. The van der Waals surface area contributed by atoms with Gasteiger partial charge in [0.05, 0.1) is 0 Å². The third-order valence-electron chi connectivity index (χ3n) is 0.867. The number of allylic oxidation sites excluding steroid dienone is 1. The fraction of sp³-hybridized carbons (Fsp3) is 0.556. The van der Waals surface area contributed by atoms with E-state index >= 15 is 0 Å². The van der Waals surface area contributed by atoms with Crippen molar-refractivity contribution in [3.8, 4) is 0 Å². The van der Waals surface area contributed by atoms with Crippen molar-refractivity contribution >= 4 is 21.6 Å². The largest absolute Gasteiger partial charge is 0.0918 e. The summed E-state index contributed by atoms with van der Waals surface area (Å²) in [6.45, 7) is 15.8. The SMILES string of the molecule is C=CSSC(=C)C(C)C.CC. The summed E-state index contributed by atoms with van der Waals surface area (Å²) in [7, 11) is 3.31. The van der Waals surface area contributed by atoms with Gasteiger partial charge in [0.2, 0.25) is 0 Å². The van der Waals surface area contributed by atoms with E-state index in [2.05, 4.69) is 27.0 Å². The molecule has 0 saturated carbocycles. The molecule has 11 heavy (non-hydrogen) atoms. The fourth-order valence-electron chi connectivity index (χ4n) is 0.192. The van der Waals surface area contributed by atoms with Crippen LogP contribution in [-0.2, 0) is 0 Å². The highest BCUT2D eigenvalue weighted by atomic mass is 33.1. The lowest BCUT2D eigenvalue weighted by molar-refractivity contribution is 0.821. The van der Waals surface area contributed by atoms with Gasteiger partial charge in [0.1, 0.15) is 0 Å². The smallest absolute Gasteiger partial charge is 0.00850 e. The Kier molecular flexibility index (Phi) is 12.7. The van der Waals surface area contributed by atoms with Gasteiger partial charge in [-0.3, -0.25) is 0 Å². The second-order valence-electron chi connectivity index (χ2n) is 1.97. The van der Waals surface area contributed by atoms with Crippen molar-refractivity contribution in [2.75, 3.05) is 0 Å². The van der Waals surface area contributed by atoms with Gasteiger partial charge in [-0.2, -0.15) is 0 Å². The fourth-order valence-corrected chi connectivity index (χ4v) is 1.73. The summed E-state index contributed by atoms with van der Waals surface area (Å²) in [6, 6.07) is 0. The van der Waals surface area contributed by atoms with E-state index in [4.69, 9.17) is 0 Å². The Hall–Kier alpha value is 0.180. The summed E-state index contributed by atoms with van der Waals surface area (Å²) < 4.78 is 0. The molecule has 0 heterocycles. The predicted molar refractivity (Wildman–Crippen MR) is 60.7 cm³/mol. The second kappa shape index (κ2) is 10.2. The molecule has 0 aliphatic heterocycles. The Morgan fingerprint density at radius 2 is 1.82 bits per heavy atom. The Morgan fingerprint density at radius 1 is 1.36 bits per heavy atom. The molecule has 0 bridgehead atoms. The Morgan fingerprint density at radius 3 is 2.09 bits per heavy atom. The molecule has 0 N–H and O–H groups in total. The van der Waals surface area contributed by atoms with Crippen LogP contribution in [0.1, 0.15) is 27.7 Å². The average molecular weight is 190 g/mol. The van der Waals surface area contributed by atoms with Crippen molar-refractivity contribution < 1.29 is 0 Å². The molecule has 66 valence electrons. The van der Waals surface area contributed by atoms with Gasteiger partial charge in [-0.1, -0.05) is 62.4 Å². The van der Waals surface area contributed by atoms with Crippen LogP contribution in [0.2, 0.25) is 0 Å². The topological polar surface area (TPSA) is 0 Å². The maximum absolute atomic E-state index is 3.89. The van der Waals surface area contributed by atoms with Crippen molar-refractivity contribution in [3.63, 3.8) is 0 Å². The van der Waals surface area contributed by atoms with Gasteiger partial charge in [-0.05, 0) is 16.2 Å². The summed E-state index contributed by atoms with van der Waals surface area (Å²) in [4.78, 5) is 1.21. The minimum absolute atomic E-state index is 0.572. The van der Waals surface area contributed by atoms with Gasteiger partial charge in [0, 0.05) is 0 Å². The van der Waals surface area contributed by atoms with E-state index in [1.165, 1.54) is 4.91 Å². The first-order valence-corrected chi connectivity index (χ1v) is 6.02. The summed E-state index contributed by atoms with van der Waals surface area (Å²) in [5.74, 6) is 0.572. The third-order valence-corrected chi connectivity index (χ3v) is 3.12. The van der Waals surface area contributed by atoms with Crippen LogP contribution in [0.25, 0.3) is 0 Å². The van der Waals surface area contributed by atoms with E-state index in [0.29, 0.717) is 5.92 Å². The summed E-state index contributed by atoms with van der Waals surface area (Å²) in [6.07, 6.45) is 0. The van der Waals surface area contributed by atoms with Crippen LogP contribution in [0.4, 0.5) is 0 Å². The molecule has 0 spiro atoms. The van der Waals surface area contributed by atoms with Crippen LogP contribution in [0.3, 0.4) is 0 Å². The first-order chi connectivity index (χ1) is 5.18. The molecule has 0 radical (unpaired) electrons. The van der Waals surface area contributed by atoms with Crippen molar-refractivity contribution in [2.24, 2.45) is 5.92 Å². The molecular weight excluding hydrogens is 172 g/mol. The van der Waals surface area contributed by atoms with Crippen LogP contribution in [0.5, 0.6) is 0 Å². The van der Waals surface area contributed by atoms with E-state index in [1.807, 2.05) is 19.3 Å². The van der Waals surface area contributed by atoms with Gasteiger partial charge in [-0.15, -0.1) is 0 Å². The lowest BCUT2D eigenvalue weighted by Crippen LogP contribution is -1.83. The normalized spacial score (nSPS) is 8.45. The highest BCUT2D eigenvalue weighted by Gasteiger charge is 1.98. The quantitative estimate of drug-likeness (QED) is 0.589. The maximum atomic E-state index is 3.89. The van der Waals surface area contributed by atoms with Gasteiger partial charge >= 0.3 is 0 Å². The highest BCUT2D eigenvalue weighted by molar-refractivity contribution is 8.79. The summed E-state index contributed by atoms with van der Waals surface area (Å²) in [5, 5.41) is 1.82. The maximum Gasteiger partial charge on any atom is -0.00850 e. The minimum atomic E-state index is 0.572. The van der Waals surface area contributed by atoms with Gasteiger partial charge in [0.25, 0.3) is 0 Å². The zero-order valence-electron chi connectivity index (χ0n) is 7.89. The zero-order valence-corrected chi connectivity index (χ0v) is 9.52. The van der Waals surface area contributed by atoms with Crippen molar-refractivity contribution in [1.29, 1.82) is 0 Å². The first-order valence-electron chi connectivity index (χ1n) is 3.81. The van der Waals surface area contributed by atoms with Crippen molar-refractivity contribution in [2.45, 2.75) is 27.7 Å². The lowest BCUT2D eigenvalue weighted by Gasteiger charge is -2.04. The van der Waals surface area contributed by atoms with Crippen molar-refractivity contribution in [3.05, 3.63) is 23.5 Å². The van der Waals surface area contributed by atoms with Crippen molar-refractivity contribution in [1.82, 2.24) is 0 Å². The van der Waals surface area contributed by atoms with E-state index in [1.54, 1.807) is 21.6 Å². The number of hydrogen-bond donors (Lipinski definition) is 0. The lowest BCUT2D eigenvalue weighted by atomic mass is 10.2. The monoisotopic (exact) mass is 190 g/mol. The van der Waals surface area contributed by atoms with Crippen LogP contribution in [0, 0.1) is 5.92 Å². The molecule has 0 amide bonds. The molecule has 0 saturated heterocycles. The molecule has 0 unspecified atom stereocenters. The molecule has 0 fully saturated rings. The Labute approximate surface area is 78.9 Å². The minimum Gasteiger partial charge on any atom is -0.0918 e. The highest BCUT2D eigenvalue weighted by Crippen LogP contribution is 2.33. The molecule has 0 rings (SSSR count). The van der Waals surface area contributed by atoms with Gasteiger partial charge in [0.15, 0.2) is 0 Å². The predicted octanol–water partition coefficient (Wildman–Crippen LogP) is 4.71. The van der Waals surface area contributed by atoms with Crippen LogP contribution < -0.4 is 0 Å². The average Bonchev–Trinajstić information content (AvgIpc) is 2.03. The number of hydrogen-bond acceptors (Lipinski definition) is 2. The van der Waals surface area contributed by atoms with E-state index in [-0.39, 0.29) is 0 Å². The van der Waals surface area contributed by atoms with Crippen LogP contribution in [0.15, 0.2) is 23.5 Å². The molecule has 0 aliphatic carbocycles.